The van der Waals surface area contributed by atoms with E-state index in [1.165, 1.54) is 0 Å². The first kappa shape index (κ1) is 12.4. The van der Waals surface area contributed by atoms with Crippen LogP contribution in [0.4, 0.5) is 0 Å². The van der Waals surface area contributed by atoms with Gasteiger partial charge in [-0.05, 0) is 33.8 Å². The van der Waals surface area contributed by atoms with Gasteiger partial charge in [-0.1, -0.05) is 18.7 Å². The summed E-state index contributed by atoms with van der Waals surface area (Å²) in [5.74, 6) is 0. The van der Waals surface area contributed by atoms with Gasteiger partial charge < -0.3 is 0 Å². The summed E-state index contributed by atoms with van der Waals surface area (Å²) in [6.45, 7) is 11.7. The summed E-state index contributed by atoms with van der Waals surface area (Å²) in [5, 5.41) is 0. The Hall–Kier alpha value is -1.70. The van der Waals surface area contributed by atoms with E-state index in [1.807, 2.05) is 46.0 Å². The molecule has 0 fully saturated rings. The molecule has 0 radical (unpaired) electrons. The Labute approximate surface area is 97.5 Å². The Kier molecular flexibility index (Phi) is 4.18. The molecule has 0 amide bonds. The first-order valence-corrected chi connectivity index (χ1v) is 5.33. The van der Waals surface area contributed by atoms with Crippen LogP contribution in [0.5, 0.6) is 0 Å². The van der Waals surface area contributed by atoms with Gasteiger partial charge in [-0.2, -0.15) is 0 Å². The Morgan fingerprint density at radius 3 is 2.50 bits per heavy atom. The smallest absolute Gasteiger partial charge is 0.0454 e. The zero-order valence-electron chi connectivity index (χ0n) is 10.4. The lowest BCUT2D eigenvalue weighted by atomic mass is 10.1. The molecule has 2 heteroatoms. The van der Waals surface area contributed by atoms with E-state index in [9.17, 15) is 0 Å². The first-order valence-electron chi connectivity index (χ1n) is 5.33. The van der Waals surface area contributed by atoms with Crippen LogP contribution in [0.25, 0.3) is 5.57 Å². The van der Waals surface area contributed by atoms with Crippen molar-refractivity contribution in [1.82, 2.24) is 4.98 Å². The molecular weight excluding hydrogens is 196 g/mol. The molecule has 0 saturated heterocycles. The summed E-state index contributed by atoms with van der Waals surface area (Å²) in [6.07, 6.45) is 3.65. The molecule has 0 aliphatic carbocycles. The van der Waals surface area contributed by atoms with Crippen molar-refractivity contribution in [2.45, 2.75) is 27.7 Å². The van der Waals surface area contributed by atoms with Crippen LogP contribution in [0.1, 0.15) is 30.8 Å². The molecule has 0 aromatic carbocycles. The fourth-order valence-electron chi connectivity index (χ4n) is 1.42. The monoisotopic (exact) mass is 214 g/mol. The van der Waals surface area contributed by atoms with Gasteiger partial charge in [-0.3, -0.25) is 9.98 Å². The minimum Gasteiger partial charge on any atom is -0.266 e. The number of aliphatic imine (C=N–C) groups is 1. The van der Waals surface area contributed by atoms with Crippen LogP contribution in [0.2, 0.25) is 0 Å². The van der Waals surface area contributed by atoms with Crippen LogP contribution < -0.4 is 0 Å². The standard InChI is InChI=1S/C14H18N2/c1-6-13(9-15-10(2)3)14-8-7-11(4)16-12(14)5/h6-9H,1H2,2-5H3/b13-9+. The maximum Gasteiger partial charge on any atom is 0.0454 e. The molecule has 84 valence electrons. The van der Waals surface area contributed by atoms with E-state index in [0.717, 1.165) is 28.2 Å². The van der Waals surface area contributed by atoms with Crippen LogP contribution in [-0.2, 0) is 0 Å². The van der Waals surface area contributed by atoms with Crippen molar-refractivity contribution in [3.63, 3.8) is 0 Å². The van der Waals surface area contributed by atoms with Crippen molar-refractivity contribution in [1.29, 1.82) is 0 Å². The van der Waals surface area contributed by atoms with E-state index in [1.54, 1.807) is 0 Å². The highest BCUT2D eigenvalue weighted by molar-refractivity contribution is 5.82. The zero-order chi connectivity index (χ0) is 12.1. The number of rotatable bonds is 3. The maximum atomic E-state index is 4.43. The summed E-state index contributed by atoms with van der Waals surface area (Å²) >= 11 is 0. The number of allylic oxidation sites excluding steroid dienone is 2. The largest absolute Gasteiger partial charge is 0.266 e. The lowest BCUT2D eigenvalue weighted by molar-refractivity contribution is 1.11. The third kappa shape index (κ3) is 3.16. The molecule has 16 heavy (non-hydrogen) atoms. The quantitative estimate of drug-likeness (QED) is 0.556. The molecule has 0 atom stereocenters. The average Bonchev–Trinajstić information content (AvgIpc) is 2.21. The van der Waals surface area contributed by atoms with Crippen molar-refractivity contribution in [3.05, 3.63) is 47.9 Å². The molecule has 2 nitrogen and oxygen atoms in total. The summed E-state index contributed by atoms with van der Waals surface area (Å²) in [5.41, 5.74) is 5.16. The summed E-state index contributed by atoms with van der Waals surface area (Å²) < 4.78 is 0. The van der Waals surface area contributed by atoms with E-state index in [2.05, 4.69) is 22.6 Å². The molecule has 1 aromatic heterocycles. The van der Waals surface area contributed by atoms with Crippen molar-refractivity contribution < 1.29 is 0 Å². The second-order valence-corrected chi connectivity index (χ2v) is 3.95. The van der Waals surface area contributed by atoms with Crippen LogP contribution >= 0.6 is 0 Å². The lowest BCUT2D eigenvalue weighted by Crippen LogP contribution is -1.92. The van der Waals surface area contributed by atoms with Gasteiger partial charge in [0.05, 0.1) is 0 Å². The number of aryl methyl sites for hydroxylation is 2. The summed E-state index contributed by atoms with van der Waals surface area (Å²) in [7, 11) is 0. The molecule has 0 bridgehead atoms. The molecule has 1 rings (SSSR count). The predicted molar refractivity (Wildman–Crippen MR) is 70.7 cm³/mol. The Balaban J connectivity index is 3.19. The number of hydrogen-bond donors (Lipinski definition) is 0. The number of nitrogens with zero attached hydrogens (tertiary/aromatic N) is 2. The molecule has 0 N–H and O–H groups in total. The van der Waals surface area contributed by atoms with Gasteiger partial charge in [0.2, 0.25) is 0 Å². The molecule has 0 aliphatic heterocycles. The van der Waals surface area contributed by atoms with E-state index < -0.39 is 0 Å². The molecule has 0 aliphatic rings. The highest BCUT2D eigenvalue weighted by atomic mass is 14.7. The van der Waals surface area contributed by atoms with Crippen molar-refractivity contribution in [2.24, 2.45) is 4.99 Å². The maximum absolute atomic E-state index is 4.43. The Morgan fingerprint density at radius 1 is 1.31 bits per heavy atom. The molecule has 0 spiro atoms. The topological polar surface area (TPSA) is 25.2 Å². The highest BCUT2D eigenvalue weighted by Gasteiger charge is 2.02. The van der Waals surface area contributed by atoms with Crippen molar-refractivity contribution in [3.8, 4) is 0 Å². The lowest BCUT2D eigenvalue weighted by Gasteiger charge is -2.06. The minimum atomic E-state index is 1.01. The Bertz CT molecular complexity index is 450. The van der Waals surface area contributed by atoms with Gasteiger partial charge in [-0.15, -0.1) is 0 Å². The second kappa shape index (κ2) is 5.40. The number of hydrogen-bond acceptors (Lipinski definition) is 2. The van der Waals surface area contributed by atoms with Crippen LogP contribution in [0, 0.1) is 13.8 Å². The van der Waals surface area contributed by atoms with Crippen molar-refractivity contribution in [2.75, 3.05) is 0 Å². The van der Waals surface area contributed by atoms with Gasteiger partial charge >= 0.3 is 0 Å². The van der Waals surface area contributed by atoms with Gasteiger partial charge in [0.25, 0.3) is 0 Å². The van der Waals surface area contributed by atoms with Crippen LogP contribution in [-0.4, -0.2) is 10.7 Å². The van der Waals surface area contributed by atoms with Gasteiger partial charge in [0.1, 0.15) is 0 Å². The van der Waals surface area contributed by atoms with Gasteiger partial charge in [-0.25, -0.2) is 0 Å². The predicted octanol–water partition coefficient (Wildman–Crippen LogP) is 3.71. The zero-order valence-corrected chi connectivity index (χ0v) is 10.4. The first-order chi connectivity index (χ1) is 7.54. The van der Waals surface area contributed by atoms with Crippen LogP contribution in [0.15, 0.2) is 36.0 Å². The third-order valence-corrected chi connectivity index (χ3v) is 2.22. The molecule has 1 heterocycles. The minimum absolute atomic E-state index is 1.01. The normalized spacial score (nSPS) is 11.1. The van der Waals surface area contributed by atoms with E-state index >= 15 is 0 Å². The van der Waals surface area contributed by atoms with E-state index in [-0.39, 0.29) is 0 Å². The fraction of sp³-hybridized carbons (Fsp3) is 0.286. The Morgan fingerprint density at radius 2 is 2.00 bits per heavy atom. The molecule has 0 saturated carbocycles. The van der Waals surface area contributed by atoms with E-state index in [0.29, 0.717) is 0 Å². The highest BCUT2D eigenvalue weighted by Crippen LogP contribution is 2.18. The van der Waals surface area contributed by atoms with Crippen molar-refractivity contribution >= 4 is 11.3 Å². The second-order valence-electron chi connectivity index (χ2n) is 3.95. The molecule has 1 aromatic rings. The summed E-state index contributed by atoms with van der Waals surface area (Å²) in [4.78, 5) is 8.72. The van der Waals surface area contributed by atoms with Crippen LogP contribution in [0.3, 0.4) is 0 Å². The molecule has 0 unspecified atom stereocenters. The van der Waals surface area contributed by atoms with E-state index in [4.69, 9.17) is 0 Å². The van der Waals surface area contributed by atoms with Gasteiger partial charge in [0, 0.05) is 34.4 Å². The van der Waals surface area contributed by atoms with Gasteiger partial charge in [0.15, 0.2) is 0 Å². The third-order valence-electron chi connectivity index (χ3n) is 2.22. The number of aromatic nitrogens is 1. The SMILES string of the molecule is C=C/C(=C\N=C(C)C)c1ccc(C)nc1C. The molecular formula is C14H18N2. The fourth-order valence-corrected chi connectivity index (χ4v) is 1.42. The average molecular weight is 214 g/mol. The number of pyridine rings is 1. The summed E-state index contributed by atoms with van der Waals surface area (Å²) in [6, 6.07) is 4.06.